The lowest BCUT2D eigenvalue weighted by Gasteiger charge is -2.31. The van der Waals surface area contributed by atoms with Gasteiger partial charge >= 0.3 is 0 Å². The number of halogens is 1. The monoisotopic (exact) mass is 438 g/mol. The van der Waals surface area contributed by atoms with Gasteiger partial charge in [0.25, 0.3) is 0 Å². The second-order valence-electron chi connectivity index (χ2n) is 6.79. The van der Waals surface area contributed by atoms with Crippen LogP contribution in [0.3, 0.4) is 0 Å². The fourth-order valence-electron chi connectivity index (χ4n) is 3.69. The molecule has 3 N–H and O–H groups in total. The van der Waals surface area contributed by atoms with Crippen molar-refractivity contribution in [2.24, 2.45) is 4.99 Å². The van der Waals surface area contributed by atoms with Crippen LogP contribution in [0.2, 0.25) is 0 Å². The molecule has 1 aliphatic carbocycles. The molecule has 136 valence electrons. The lowest BCUT2D eigenvalue weighted by Crippen LogP contribution is -2.46. The Hall–Kier alpha value is -0.0800. The lowest BCUT2D eigenvalue weighted by molar-refractivity contribution is 0.0131. The zero-order valence-electron chi connectivity index (χ0n) is 14.8. The fourth-order valence-corrected chi connectivity index (χ4v) is 3.69. The first-order valence-electron chi connectivity index (χ1n) is 9.15. The van der Waals surface area contributed by atoms with Crippen molar-refractivity contribution in [3.8, 4) is 0 Å². The lowest BCUT2D eigenvalue weighted by atomic mass is 9.85. The fraction of sp³-hybridized carbons (Fsp3) is 0.941. The third-order valence-electron chi connectivity index (χ3n) is 5.07. The third-order valence-corrected chi connectivity index (χ3v) is 5.07. The zero-order chi connectivity index (χ0) is 15.8. The van der Waals surface area contributed by atoms with Crippen molar-refractivity contribution in [3.63, 3.8) is 0 Å². The van der Waals surface area contributed by atoms with Gasteiger partial charge < -0.3 is 15.7 Å². The van der Waals surface area contributed by atoms with Gasteiger partial charge in [0.15, 0.2) is 5.96 Å². The van der Waals surface area contributed by atoms with Gasteiger partial charge in [-0.1, -0.05) is 26.2 Å². The molecule has 0 aromatic carbocycles. The van der Waals surface area contributed by atoms with Crippen LogP contribution in [-0.2, 0) is 0 Å². The third kappa shape index (κ3) is 6.74. The van der Waals surface area contributed by atoms with E-state index in [1.165, 1.54) is 25.8 Å². The summed E-state index contributed by atoms with van der Waals surface area (Å²) in [5, 5.41) is 17.4. The molecule has 0 amide bonds. The highest BCUT2D eigenvalue weighted by Crippen LogP contribution is 2.28. The minimum Gasteiger partial charge on any atom is -0.388 e. The minimum absolute atomic E-state index is 0. The summed E-state index contributed by atoms with van der Waals surface area (Å²) in [7, 11) is 0. The molecule has 1 heterocycles. The van der Waals surface area contributed by atoms with Crippen molar-refractivity contribution >= 4 is 29.9 Å². The maximum atomic E-state index is 10.6. The molecular weight excluding hydrogens is 403 g/mol. The number of rotatable bonds is 6. The Morgan fingerprint density at radius 2 is 1.91 bits per heavy atom. The second kappa shape index (κ2) is 10.7. The summed E-state index contributed by atoms with van der Waals surface area (Å²) in [6, 6.07) is 0.617. The molecule has 0 spiro atoms. The van der Waals surface area contributed by atoms with E-state index in [-0.39, 0.29) is 24.0 Å². The van der Waals surface area contributed by atoms with E-state index in [1.807, 2.05) is 0 Å². The summed E-state index contributed by atoms with van der Waals surface area (Å²) in [6.07, 6.45) is 7.86. The number of likely N-dealkylation sites (N-methyl/N-ethyl adjacent to an activating group) is 1. The number of guanidine groups is 1. The Balaban J connectivity index is 0.00000264. The van der Waals surface area contributed by atoms with Gasteiger partial charge in [0, 0.05) is 19.1 Å². The van der Waals surface area contributed by atoms with Crippen molar-refractivity contribution in [1.82, 2.24) is 15.5 Å². The predicted molar refractivity (Wildman–Crippen MR) is 108 cm³/mol. The van der Waals surface area contributed by atoms with Crippen molar-refractivity contribution in [1.29, 1.82) is 0 Å². The maximum Gasteiger partial charge on any atom is 0.191 e. The SMILES string of the molecule is CCNC(=NCC1(O)CCCCC1)NCC1CCCN1CC.I. The van der Waals surface area contributed by atoms with Crippen LogP contribution in [0.25, 0.3) is 0 Å². The van der Waals surface area contributed by atoms with Crippen LogP contribution in [0.1, 0.15) is 58.8 Å². The van der Waals surface area contributed by atoms with E-state index in [9.17, 15) is 5.11 Å². The van der Waals surface area contributed by atoms with Crippen LogP contribution in [0.5, 0.6) is 0 Å². The van der Waals surface area contributed by atoms with Gasteiger partial charge in [-0.2, -0.15) is 0 Å². The summed E-state index contributed by atoms with van der Waals surface area (Å²) >= 11 is 0. The Kier molecular flexibility index (Phi) is 9.77. The first-order valence-corrected chi connectivity index (χ1v) is 9.15. The summed E-state index contributed by atoms with van der Waals surface area (Å²) in [5.41, 5.74) is -0.580. The van der Waals surface area contributed by atoms with Crippen molar-refractivity contribution in [2.75, 3.05) is 32.7 Å². The van der Waals surface area contributed by atoms with E-state index in [2.05, 4.69) is 34.4 Å². The Morgan fingerprint density at radius 3 is 2.57 bits per heavy atom. The Morgan fingerprint density at radius 1 is 1.17 bits per heavy atom. The molecule has 5 nitrogen and oxygen atoms in total. The van der Waals surface area contributed by atoms with Gasteiger partial charge in [-0.3, -0.25) is 9.89 Å². The molecular formula is C17H35IN4O. The number of aliphatic hydroxyl groups is 1. The van der Waals surface area contributed by atoms with Gasteiger partial charge in [0.05, 0.1) is 12.1 Å². The first kappa shape index (κ1) is 21.0. The molecule has 0 aromatic heterocycles. The molecule has 1 atom stereocenters. The topological polar surface area (TPSA) is 59.9 Å². The van der Waals surface area contributed by atoms with Gasteiger partial charge in [0.1, 0.15) is 0 Å². The number of aliphatic imine (C=N–C) groups is 1. The summed E-state index contributed by atoms with van der Waals surface area (Å²) in [4.78, 5) is 7.18. The van der Waals surface area contributed by atoms with Crippen LogP contribution in [0.15, 0.2) is 4.99 Å². The van der Waals surface area contributed by atoms with Crippen LogP contribution in [0.4, 0.5) is 0 Å². The molecule has 2 rings (SSSR count). The van der Waals surface area contributed by atoms with E-state index in [0.717, 1.165) is 51.3 Å². The largest absolute Gasteiger partial charge is 0.388 e. The average Bonchev–Trinajstić information content (AvgIpc) is 2.98. The smallest absolute Gasteiger partial charge is 0.191 e. The number of hydrogen-bond donors (Lipinski definition) is 3. The second-order valence-corrected chi connectivity index (χ2v) is 6.79. The van der Waals surface area contributed by atoms with Crippen molar-refractivity contribution in [2.45, 2.75) is 70.4 Å². The summed E-state index contributed by atoms with van der Waals surface area (Å²) in [6.45, 7) is 8.97. The highest BCUT2D eigenvalue weighted by Gasteiger charge is 2.29. The maximum absolute atomic E-state index is 10.6. The first-order chi connectivity index (χ1) is 10.7. The average molecular weight is 438 g/mol. The molecule has 1 unspecified atom stereocenters. The van der Waals surface area contributed by atoms with E-state index in [0.29, 0.717) is 12.6 Å². The van der Waals surface area contributed by atoms with Gasteiger partial charge in [0.2, 0.25) is 0 Å². The molecule has 1 saturated carbocycles. The zero-order valence-corrected chi connectivity index (χ0v) is 17.1. The van der Waals surface area contributed by atoms with Crippen LogP contribution in [0, 0.1) is 0 Å². The molecule has 1 saturated heterocycles. The van der Waals surface area contributed by atoms with Crippen LogP contribution < -0.4 is 10.6 Å². The standard InChI is InChI=1S/C17H34N4O.HI/c1-3-18-16(19-13-15-9-8-12-21(15)4-2)20-14-17(22)10-6-5-7-11-17;/h15,22H,3-14H2,1-2H3,(H2,18,19,20);1H. The summed E-state index contributed by atoms with van der Waals surface area (Å²) < 4.78 is 0. The quantitative estimate of drug-likeness (QED) is 0.339. The van der Waals surface area contributed by atoms with Gasteiger partial charge in [-0.05, 0) is 45.7 Å². The normalized spacial score (nSPS) is 25.0. The van der Waals surface area contributed by atoms with Crippen molar-refractivity contribution in [3.05, 3.63) is 0 Å². The highest BCUT2D eigenvalue weighted by molar-refractivity contribution is 14.0. The Bertz CT molecular complexity index is 359. The van der Waals surface area contributed by atoms with E-state index in [4.69, 9.17) is 0 Å². The number of hydrogen-bond acceptors (Lipinski definition) is 3. The molecule has 0 radical (unpaired) electrons. The number of nitrogens with zero attached hydrogens (tertiary/aromatic N) is 2. The number of likely N-dealkylation sites (tertiary alicyclic amines) is 1. The summed E-state index contributed by atoms with van der Waals surface area (Å²) in [5.74, 6) is 0.851. The molecule has 2 fully saturated rings. The molecule has 0 bridgehead atoms. The molecule has 0 aromatic rings. The predicted octanol–water partition coefficient (Wildman–Crippen LogP) is 2.34. The van der Waals surface area contributed by atoms with Gasteiger partial charge in [-0.15, -0.1) is 24.0 Å². The van der Waals surface area contributed by atoms with Crippen LogP contribution >= 0.6 is 24.0 Å². The number of nitrogens with one attached hydrogen (secondary N) is 2. The molecule has 2 aliphatic rings. The van der Waals surface area contributed by atoms with Crippen molar-refractivity contribution < 1.29 is 5.11 Å². The molecule has 6 heteroatoms. The van der Waals surface area contributed by atoms with E-state index in [1.54, 1.807) is 0 Å². The molecule has 1 aliphatic heterocycles. The van der Waals surface area contributed by atoms with Gasteiger partial charge in [-0.25, -0.2) is 0 Å². The Labute approximate surface area is 158 Å². The highest BCUT2D eigenvalue weighted by atomic mass is 127. The molecule has 23 heavy (non-hydrogen) atoms. The minimum atomic E-state index is -0.580. The van der Waals surface area contributed by atoms with Crippen LogP contribution in [-0.4, -0.2) is 60.3 Å². The van der Waals surface area contributed by atoms with E-state index >= 15 is 0 Å². The van der Waals surface area contributed by atoms with E-state index < -0.39 is 5.60 Å².